The number of anilines is 1. The number of nitrogens with two attached hydrogens (primary N) is 1. The van der Waals surface area contributed by atoms with E-state index in [1.165, 1.54) is 6.07 Å². The number of rotatable bonds is 7. The standard InChI is InChI=1S/C13H18ClNO3/c1-2-3-6-17-7-8-18-13(16)10-4-5-11(14)12(15)9-10/h4-5,9H,2-3,6-8,15H2,1H3. The fourth-order valence-corrected chi connectivity index (χ4v) is 1.41. The number of ether oxygens (including phenoxy) is 2. The molecule has 0 saturated carbocycles. The molecule has 0 bridgehead atoms. The Morgan fingerprint density at radius 2 is 2.11 bits per heavy atom. The number of esters is 1. The van der Waals surface area contributed by atoms with Crippen LogP contribution in [0.15, 0.2) is 18.2 Å². The molecule has 0 aliphatic rings. The van der Waals surface area contributed by atoms with E-state index in [4.69, 9.17) is 26.8 Å². The molecule has 1 aromatic rings. The minimum absolute atomic E-state index is 0.241. The molecule has 0 aromatic heterocycles. The Labute approximate surface area is 112 Å². The molecule has 5 heteroatoms. The van der Waals surface area contributed by atoms with Gasteiger partial charge >= 0.3 is 5.97 Å². The highest BCUT2D eigenvalue weighted by atomic mass is 35.5. The molecule has 1 rings (SSSR count). The van der Waals surface area contributed by atoms with Crippen LogP contribution < -0.4 is 5.73 Å². The Bertz CT molecular complexity index is 396. The Balaban J connectivity index is 2.30. The van der Waals surface area contributed by atoms with Gasteiger partial charge in [-0.15, -0.1) is 0 Å². The summed E-state index contributed by atoms with van der Waals surface area (Å²) in [6.07, 6.45) is 2.10. The Morgan fingerprint density at radius 1 is 1.33 bits per heavy atom. The molecule has 0 spiro atoms. The van der Waals surface area contributed by atoms with Gasteiger partial charge in [0.1, 0.15) is 6.61 Å². The van der Waals surface area contributed by atoms with Crippen LogP contribution in [0.4, 0.5) is 5.69 Å². The lowest BCUT2D eigenvalue weighted by molar-refractivity contribution is 0.0314. The average molecular weight is 272 g/mol. The second-order valence-electron chi connectivity index (χ2n) is 3.84. The molecule has 0 atom stereocenters. The molecule has 4 nitrogen and oxygen atoms in total. The number of nitrogen functional groups attached to an aromatic ring is 1. The van der Waals surface area contributed by atoms with E-state index < -0.39 is 5.97 Å². The highest BCUT2D eigenvalue weighted by Gasteiger charge is 2.08. The number of carbonyl (C=O) groups is 1. The minimum Gasteiger partial charge on any atom is -0.460 e. The summed E-state index contributed by atoms with van der Waals surface area (Å²) in [5.41, 5.74) is 6.36. The van der Waals surface area contributed by atoms with Gasteiger partial charge in [-0.25, -0.2) is 4.79 Å². The van der Waals surface area contributed by atoms with Crippen LogP contribution in [0.2, 0.25) is 5.02 Å². The molecule has 0 fully saturated rings. The third kappa shape index (κ3) is 4.94. The van der Waals surface area contributed by atoms with E-state index >= 15 is 0 Å². The highest BCUT2D eigenvalue weighted by Crippen LogP contribution is 2.19. The molecule has 0 amide bonds. The lowest BCUT2D eigenvalue weighted by atomic mass is 10.2. The second kappa shape index (κ2) is 7.95. The van der Waals surface area contributed by atoms with Gasteiger partial charge in [0.15, 0.2) is 0 Å². The van der Waals surface area contributed by atoms with Crippen LogP contribution in [0, 0.1) is 0 Å². The smallest absolute Gasteiger partial charge is 0.338 e. The van der Waals surface area contributed by atoms with E-state index in [1.54, 1.807) is 12.1 Å². The van der Waals surface area contributed by atoms with Gasteiger partial charge in [-0.2, -0.15) is 0 Å². The van der Waals surface area contributed by atoms with Crippen molar-refractivity contribution < 1.29 is 14.3 Å². The van der Waals surface area contributed by atoms with Crippen LogP contribution in [0.5, 0.6) is 0 Å². The number of carbonyl (C=O) groups excluding carboxylic acids is 1. The van der Waals surface area contributed by atoms with Crippen LogP contribution >= 0.6 is 11.6 Å². The quantitative estimate of drug-likeness (QED) is 0.471. The van der Waals surface area contributed by atoms with E-state index in [1.807, 2.05) is 0 Å². The third-order valence-electron chi connectivity index (χ3n) is 2.33. The first-order chi connectivity index (χ1) is 8.65. The van der Waals surface area contributed by atoms with Gasteiger partial charge in [0.05, 0.1) is 22.9 Å². The first-order valence-corrected chi connectivity index (χ1v) is 6.33. The molecular weight excluding hydrogens is 254 g/mol. The number of halogens is 1. The molecular formula is C13H18ClNO3. The van der Waals surface area contributed by atoms with Crippen LogP contribution in [0.1, 0.15) is 30.1 Å². The summed E-state index contributed by atoms with van der Waals surface area (Å²) in [7, 11) is 0. The lowest BCUT2D eigenvalue weighted by Crippen LogP contribution is -2.11. The van der Waals surface area contributed by atoms with Crippen molar-refractivity contribution in [2.45, 2.75) is 19.8 Å². The van der Waals surface area contributed by atoms with Gasteiger partial charge in [-0.3, -0.25) is 0 Å². The van der Waals surface area contributed by atoms with Crippen molar-refractivity contribution in [1.29, 1.82) is 0 Å². The monoisotopic (exact) mass is 271 g/mol. The highest BCUT2D eigenvalue weighted by molar-refractivity contribution is 6.33. The minimum atomic E-state index is -0.419. The molecule has 0 saturated heterocycles. The fraction of sp³-hybridized carbons (Fsp3) is 0.462. The van der Waals surface area contributed by atoms with Crippen molar-refractivity contribution in [3.8, 4) is 0 Å². The molecule has 2 N–H and O–H groups in total. The van der Waals surface area contributed by atoms with Gasteiger partial charge in [0.25, 0.3) is 0 Å². The second-order valence-corrected chi connectivity index (χ2v) is 4.25. The van der Waals surface area contributed by atoms with E-state index in [2.05, 4.69) is 6.92 Å². The van der Waals surface area contributed by atoms with E-state index in [9.17, 15) is 4.79 Å². The van der Waals surface area contributed by atoms with E-state index in [-0.39, 0.29) is 6.61 Å². The SMILES string of the molecule is CCCCOCCOC(=O)c1ccc(Cl)c(N)c1. The maximum absolute atomic E-state index is 11.6. The molecule has 0 aliphatic heterocycles. The van der Waals surface area contributed by atoms with Gasteiger partial charge < -0.3 is 15.2 Å². The van der Waals surface area contributed by atoms with Crippen LogP contribution in [0.25, 0.3) is 0 Å². The van der Waals surface area contributed by atoms with Gasteiger partial charge in [-0.05, 0) is 24.6 Å². The molecule has 18 heavy (non-hydrogen) atoms. The normalized spacial score (nSPS) is 10.3. The zero-order valence-electron chi connectivity index (χ0n) is 10.4. The van der Waals surface area contributed by atoms with Crippen molar-refractivity contribution >= 4 is 23.3 Å². The summed E-state index contributed by atoms with van der Waals surface area (Å²) >= 11 is 5.76. The van der Waals surface area contributed by atoms with Crippen LogP contribution in [0.3, 0.4) is 0 Å². The number of benzene rings is 1. The Kier molecular flexibility index (Phi) is 6.54. The molecule has 0 unspecified atom stereocenters. The van der Waals surface area contributed by atoms with E-state index in [0.29, 0.717) is 29.5 Å². The zero-order valence-corrected chi connectivity index (χ0v) is 11.2. The number of unbranched alkanes of at least 4 members (excludes halogenated alkanes) is 1. The topological polar surface area (TPSA) is 61.5 Å². The van der Waals surface area contributed by atoms with Crippen molar-refractivity contribution in [2.75, 3.05) is 25.6 Å². The number of hydrogen-bond acceptors (Lipinski definition) is 4. The van der Waals surface area contributed by atoms with Gasteiger partial charge in [0.2, 0.25) is 0 Å². The molecule has 100 valence electrons. The van der Waals surface area contributed by atoms with Crippen LogP contribution in [-0.2, 0) is 9.47 Å². The Morgan fingerprint density at radius 3 is 2.78 bits per heavy atom. The fourth-order valence-electron chi connectivity index (χ4n) is 1.30. The van der Waals surface area contributed by atoms with Gasteiger partial charge in [-0.1, -0.05) is 24.9 Å². The summed E-state index contributed by atoms with van der Waals surface area (Å²) in [5, 5.41) is 0.425. The van der Waals surface area contributed by atoms with Crippen molar-refractivity contribution in [3.05, 3.63) is 28.8 Å². The first kappa shape index (κ1) is 14.8. The van der Waals surface area contributed by atoms with Crippen molar-refractivity contribution in [3.63, 3.8) is 0 Å². The largest absolute Gasteiger partial charge is 0.460 e. The summed E-state index contributed by atoms with van der Waals surface area (Å²) in [4.78, 5) is 11.6. The third-order valence-corrected chi connectivity index (χ3v) is 2.68. The molecule has 0 aliphatic carbocycles. The average Bonchev–Trinajstić information content (AvgIpc) is 2.36. The number of hydrogen-bond donors (Lipinski definition) is 1. The zero-order chi connectivity index (χ0) is 13.4. The Hall–Kier alpha value is -1.26. The maximum Gasteiger partial charge on any atom is 0.338 e. The maximum atomic E-state index is 11.6. The summed E-state index contributed by atoms with van der Waals surface area (Å²) in [6, 6.07) is 4.66. The summed E-state index contributed by atoms with van der Waals surface area (Å²) in [6.45, 7) is 3.44. The predicted octanol–water partition coefficient (Wildman–Crippen LogP) is 2.90. The lowest BCUT2D eigenvalue weighted by Gasteiger charge is -2.06. The summed E-state index contributed by atoms with van der Waals surface area (Å²) in [5.74, 6) is -0.419. The molecule has 0 heterocycles. The van der Waals surface area contributed by atoms with Crippen LogP contribution in [-0.4, -0.2) is 25.8 Å². The first-order valence-electron chi connectivity index (χ1n) is 5.95. The predicted molar refractivity (Wildman–Crippen MR) is 71.9 cm³/mol. The molecule has 0 radical (unpaired) electrons. The van der Waals surface area contributed by atoms with Crippen molar-refractivity contribution in [2.24, 2.45) is 0 Å². The van der Waals surface area contributed by atoms with E-state index in [0.717, 1.165) is 12.8 Å². The van der Waals surface area contributed by atoms with Crippen molar-refractivity contribution in [1.82, 2.24) is 0 Å². The molecule has 1 aromatic carbocycles. The van der Waals surface area contributed by atoms with Gasteiger partial charge in [0, 0.05) is 6.61 Å². The summed E-state index contributed by atoms with van der Waals surface area (Å²) < 4.78 is 10.3.